The number of rotatable bonds is 3. The molecule has 2 heterocycles. The predicted octanol–water partition coefficient (Wildman–Crippen LogP) is 0.269. The second kappa shape index (κ2) is 4.35. The van der Waals surface area contributed by atoms with Gasteiger partial charge in [0.2, 0.25) is 5.69 Å². The molecule has 1 aromatic heterocycles. The number of hydrogen-bond acceptors (Lipinski definition) is 6. The molecule has 1 aromatic rings. The molecule has 0 saturated carbocycles. The molecular weight excluding hydrogens is 222 g/mol. The van der Waals surface area contributed by atoms with Crippen LogP contribution in [0.4, 0.5) is 11.5 Å². The van der Waals surface area contributed by atoms with Crippen molar-refractivity contribution in [2.75, 3.05) is 25.0 Å². The molecule has 0 amide bonds. The summed E-state index contributed by atoms with van der Waals surface area (Å²) in [6.07, 6.45) is 0. The summed E-state index contributed by atoms with van der Waals surface area (Å²) in [7, 11) is 1.86. The molecule has 0 atom stereocenters. The fourth-order valence-electron chi connectivity index (χ4n) is 1.60. The Morgan fingerprint density at radius 1 is 1.65 bits per heavy atom. The summed E-state index contributed by atoms with van der Waals surface area (Å²) < 4.78 is 0. The van der Waals surface area contributed by atoms with Crippen molar-refractivity contribution in [2.24, 2.45) is 0 Å². The van der Waals surface area contributed by atoms with E-state index >= 15 is 0 Å². The second-order valence-corrected chi connectivity index (χ2v) is 3.83. The van der Waals surface area contributed by atoms with Crippen molar-refractivity contribution in [3.05, 3.63) is 27.9 Å². The molecule has 0 bridgehead atoms. The molecule has 1 aliphatic rings. The number of nitro groups is 1. The van der Waals surface area contributed by atoms with E-state index in [9.17, 15) is 10.1 Å². The van der Waals surface area contributed by atoms with Gasteiger partial charge in [0.25, 0.3) is 0 Å². The van der Waals surface area contributed by atoms with Gasteiger partial charge in [0, 0.05) is 26.2 Å². The Bertz CT molecular complexity index is 492. The van der Waals surface area contributed by atoms with Crippen LogP contribution in [0.5, 0.6) is 0 Å². The topological polar surface area (TPSA) is 95.1 Å². The highest BCUT2D eigenvalue weighted by atomic mass is 16.6. The van der Waals surface area contributed by atoms with Crippen molar-refractivity contribution in [1.82, 2.24) is 10.3 Å². The van der Waals surface area contributed by atoms with Crippen molar-refractivity contribution >= 4 is 11.5 Å². The van der Waals surface area contributed by atoms with E-state index in [0.717, 1.165) is 13.1 Å². The Balaban J connectivity index is 2.31. The summed E-state index contributed by atoms with van der Waals surface area (Å²) in [5, 5.41) is 22.6. The fourth-order valence-corrected chi connectivity index (χ4v) is 1.60. The van der Waals surface area contributed by atoms with Gasteiger partial charge in [-0.05, 0) is 6.07 Å². The van der Waals surface area contributed by atoms with Crippen molar-refractivity contribution in [3.8, 4) is 6.07 Å². The molecule has 7 nitrogen and oxygen atoms in total. The van der Waals surface area contributed by atoms with Crippen LogP contribution in [0.15, 0.2) is 12.1 Å². The molecule has 2 rings (SSSR count). The van der Waals surface area contributed by atoms with Crippen LogP contribution in [0.1, 0.15) is 5.69 Å². The maximum Gasteiger partial charge on any atom is 0.305 e. The van der Waals surface area contributed by atoms with E-state index in [-0.39, 0.29) is 11.4 Å². The molecule has 0 aromatic carbocycles. The van der Waals surface area contributed by atoms with E-state index in [4.69, 9.17) is 5.26 Å². The third kappa shape index (κ3) is 2.03. The van der Waals surface area contributed by atoms with Crippen LogP contribution >= 0.6 is 0 Å². The second-order valence-electron chi connectivity index (χ2n) is 3.83. The smallest absolute Gasteiger partial charge is 0.305 e. The Hall–Kier alpha value is -2.20. The molecule has 0 aliphatic carbocycles. The van der Waals surface area contributed by atoms with E-state index < -0.39 is 4.92 Å². The minimum Gasteiger partial charge on any atom is -0.354 e. The molecule has 1 N–H and O–H groups in total. The summed E-state index contributed by atoms with van der Waals surface area (Å²) in [6, 6.07) is 4.97. The number of nitrogens with zero attached hydrogens (tertiary/aromatic N) is 4. The van der Waals surface area contributed by atoms with Crippen LogP contribution in [0.2, 0.25) is 0 Å². The number of likely N-dealkylation sites (N-methyl/N-ethyl adjacent to an activating group) is 1. The van der Waals surface area contributed by atoms with Crippen LogP contribution in [-0.2, 0) is 0 Å². The van der Waals surface area contributed by atoms with Crippen LogP contribution in [0.3, 0.4) is 0 Å². The molecule has 88 valence electrons. The standard InChI is InChI=1S/C10H11N5O2/c1-14(7-5-12-6-7)10-3-2-9(15(16)17)8(4-11)13-10/h2-3,7,12H,5-6H2,1H3. The molecule has 0 radical (unpaired) electrons. The first kappa shape index (κ1) is 11.3. The van der Waals surface area contributed by atoms with Gasteiger partial charge in [-0.25, -0.2) is 4.98 Å². The number of anilines is 1. The minimum absolute atomic E-state index is 0.147. The summed E-state index contributed by atoms with van der Waals surface area (Å²) in [5.74, 6) is 0.582. The predicted molar refractivity (Wildman–Crippen MR) is 60.7 cm³/mol. The first-order valence-electron chi connectivity index (χ1n) is 5.12. The zero-order valence-corrected chi connectivity index (χ0v) is 9.25. The number of aromatic nitrogens is 1. The highest BCUT2D eigenvalue weighted by Crippen LogP contribution is 2.21. The molecule has 17 heavy (non-hydrogen) atoms. The first-order chi connectivity index (χ1) is 8.13. The summed E-state index contributed by atoms with van der Waals surface area (Å²) in [5.41, 5.74) is -0.400. The molecule has 1 aliphatic heterocycles. The van der Waals surface area contributed by atoms with Crippen LogP contribution in [-0.4, -0.2) is 36.1 Å². The maximum atomic E-state index is 10.7. The average molecular weight is 233 g/mol. The average Bonchev–Trinajstić information content (AvgIpc) is 2.25. The molecule has 7 heteroatoms. The van der Waals surface area contributed by atoms with Gasteiger partial charge in [-0.2, -0.15) is 5.26 Å². The van der Waals surface area contributed by atoms with Crippen molar-refractivity contribution in [1.29, 1.82) is 5.26 Å². The van der Waals surface area contributed by atoms with Crippen molar-refractivity contribution in [3.63, 3.8) is 0 Å². The molecule has 0 unspecified atom stereocenters. The highest BCUT2D eigenvalue weighted by molar-refractivity contribution is 5.52. The summed E-state index contributed by atoms with van der Waals surface area (Å²) >= 11 is 0. The van der Waals surface area contributed by atoms with E-state index in [1.165, 1.54) is 6.07 Å². The highest BCUT2D eigenvalue weighted by Gasteiger charge is 2.24. The number of pyridine rings is 1. The van der Waals surface area contributed by atoms with Crippen molar-refractivity contribution < 1.29 is 4.92 Å². The maximum absolute atomic E-state index is 10.7. The monoisotopic (exact) mass is 233 g/mol. The van der Waals surface area contributed by atoms with E-state index in [0.29, 0.717) is 11.9 Å². The zero-order chi connectivity index (χ0) is 12.4. The largest absolute Gasteiger partial charge is 0.354 e. The van der Waals surface area contributed by atoms with Gasteiger partial charge in [-0.15, -0.1) is 0 Å². The summed E-state index contributed by atoms with van der Waals surface area (Å²) in [6.45, 7) is 1.72. The lowest BCUT2D eigenvalue weighted by Crippen LogP contribution is -2.56. The molecule has 1 saturated heterocycles. The van der Waals surface area contributed by atoms with Gasteiger partial charge in [0.05, 0.1) is 11.0 Å². The lowest BCUT2D eigenvalue weighted by Gasteiger charge is -2.36. The van der Waals surface area contributed by atoms with Gasteiger partial charge < -0.3 is 10.2 Å². The SMILES string of the molecule is CN(c1ccc([N+](=O)[O-])c(C#N)n1)C1CNC1. The number of nitriles is 1. The number of hydrogen-bond donors (Lipinski definition) is 1. The first-order valence-corrected chi connectivity index (χ1v) is 5.12. The quantitative estimate of drug-likeness (QED) is 0.594. The molecular formula is C10H11N5O2. The summed E-state index contributed by atoms with van der Waals surface area (Å²) in [4.78, 5) is 16.0. The normalized spacial score (nSPS) is 14.8. The minimum atomic E-state index is -0.597. The van der Waals surface area contributed by atoms with Crippen LogP contribution in [0, 0.1) is 21.4 Å². The Labute approximate surface area is 97.8 Å². The van der Waals surface area contributed by atoms with E-state index in [1.54, 1.807) is 12.1 Å². The Kier molecular flexibility index (Phi) is 2.89. The van der Waals surface area contributed by atoms with Gasteiger partial charge in [-0.3, -0.25) is 10.1 Å². The lowest BCUT2D eigenvalue weighted by molar-refractivity contribution is -0.385. The van der Waals surface area contributed by atoms with Gasteiger partial charge >= 0.3 is 5.69 Å². The van der Waals surface area contributed by atoms with Crippen LogP contribution in [0.25, 0.3) is 0 Å². The van der Waals surface area contributed by atoms with Gasteiger partial charge in [0.1, 0.15) is 11.9 Å². The van der Waals surface area contributed by atoms with Crippen molar-refractivity contribution in [2.45, 2.75) is 6.04 Å². The van der Waals surface area contributed by atoms with E-state index in [2.05, 4.69) is 10.3 Å². The van der Waals surface area contributed by atoms with Gasteiger partial charge in [0.15, 0.2) is 0 Å². The molecule has 1 fully saturated rings. The van der Waals surface area contributed by atoms with E-state index in [1.807, 2.05) is 11.9 Å². The third-order valence-corrected chi connectivity index (χ3v) is 2.83. The lowest BCUT2D eigenvalue weighted by atomic mass is 10.1. The van der Waals surface area contributed by atoms with Gasteiger partial charge in [-0.1, -0.05) is 0 Å². The zero-order valence-electron chi connectivity index (χ0n) is 9.25. The van der Waals surface area contributed by atoms with Crippen LogP contribution < -0.4 is 10.2 Å². The third-order valence-electron chi connectivity index (χ3n) is 2.83. The number of nitrogens with one attached hydrogen (secondary N) is 1. The molecule has 0 spiro atoms. The fraction of sp³-hybridized carbons (Fsp3) is 0.400. The Morgan fingerprint density at radius 3 is 2.82 bits per heavy atom. The Morgan fingerprint density at radius 2 is 2.35 bits per heavy atom.